The molecule has 0 radical (unpaired) electrons. The van der Waals surface area contributed by atoms with Gasteiger partial charge in [-0.25, -0.2) is 0 Å². The fraction of sp³-hybridized carbons (Fsp3) is 0.667. The Labute approximate surface area is 73.0 Å². The SMILES string of the molecule is CC1CN(C)Cc2ccnn2C1. The average Bonchev–Trinajstić information content (AvgIpc) is 2.31. The van der Waals surface area contributed by atoms with Crippen molar-refractivity contribution in [1.29, 1.82) is 0 Å². The summed E-state index contributed by atoms with van der Waals surface area (Å²) >= 11 is 0. The molecule has 2 rings (SSSR count). The van der Waals surface area contributed by atoms with Crippen LogP contribution in [0.3, 0.4) is 0 Å². The summed E-state index contributed by atoms with van der Waals surface area (Å²) in [6.07, 6.45) is 1.89. The number of fused-ring (bicyclic) bond motifs is 1. The molecule has 12 heavy (non-hydrogen) atoms. The van der Waals surface area contributed by atoms with Crippen LogP contribution in [0, 0.1) is 5.92 Å². The summed E-state index contributed by atoms with van der Waals surface area (Å²) in [6.45, 7) is 5.54. The predicted octanol–water partition coefficient (Wildman–Crippen LogP) is 0.965. The van der Waals surface area contributed by atoms with Gasteiger partial charge in [0.2, 0.25) is 0 Å². The van der Waals surface area contributed by atoms with Crippen molar-refractivity contribution in [1.82, 2.24) is 14.7 Å². The topological polar surface area (TPSA) is 21.1 Å². The molecule has 1 aromatic heterocycles. The molecule has 2 heterocycles. The Kier molecular flexibility index (Phi) is 1.89. The first kappa shape index (κ1) is 7.80. The molecule has 0 bridgehead atoms. The van der Waals surface area contributed by atoms with E-state index < -0.39 is 0 Å². The molecule has 1 atom stereocenters. The molecule has 1 aliphatic rings. The van der Waals surface area contributed by atoms with Crippen LogP contribution in [0.4, 0.5) is 0 Å². The third kappa shape index (κ3) is 1.37. The first-order valence-electron chi connectivity index (χ1n) is 4.45. The monoisotopic (exact) mass is 165 g/mol. The van der Waals surface area contributed by atoms with Crippen LogP contribution in [0.2, 0.25) is 0 Å². The molecule has 3 heteroatoms. The third-order valence-corrected chi connectivity index (χ3v) is 2.34. The second-order valence-corrected chi connectivity index (χ2v) is 3.81. The number of hydrogen-bond acceptors (Lipinski definition) is 2. The van der Waals surface area contributed by atoms with E-state index in [1.807, 2.05) is 6.20 Å². The highest BCUT2D eigenvalue weighted by Crippen LogP contribution is 2.12. The zero-order valence-corrected chi connectivity index (χ0v) is 7.70. The highest BCUT2D eigenvalue weighted by atomic mass is 15.3. The zero-order chi connectivity index (χ0) is 8.55. The van der Waals surface area contributed by atoms with Crippen LogP contribution in [-0.4, -0.2) is 28.3 Å². The minimum atomic E-state index is 0.705. The Balaban J connectivity index is 2.27. The molecule has 0 amide bonds. The standard InChI is InChI=1S/C9H15N3/c1-8-5-11(2)7-9-3-4-10-12(9)6-8/h3-4,8H,5-7H2,1-2H3. The first-order chi connectivity index (χ1) is 5.75. The lowest BCUT2D eigenvalue weighted by atomic mass is 10.2. The lowest BCUT2D eigenvalue weighted by Gasteiger charge is -2.14. The van der Waals surface area contributed by atoms with Crippen LogP contribution in [0.5, 0.6) is 0 Å². The largest absolute Gasteiger partial charge is 0.300 e. The van der Waals surface area contributed by atoms with Crippen molar-refractivity contribution in [3.05, 3.63) is 18.0 Å². The summed E-state index contributed by atoms with van der Waals surface area (Å²) in [7, 11) is 2.17. The maximum Gasteiger partial charge on any atom is 0.0524 e. The summed E-state index contributed by atoms with van der Waals surface area (Å²) in [5.74, 6) is 0.705. The zero-order valence-electron chi connectivity index (χ0n) is 7.70. The van der Waals surface area contributed by atoms with E-state index in [0.29, 0.717) is 5.92 Å². The van der Waals surface area contributed by atoms with Gasteiger partial charge in [-0.2, -0.15) is 5.10 Å². The van der Waals surface area contributed by atoms with E-state index >= 15 is 0 Å². The van der Waals surface area contributed by atoms with Crippen molar-refractivity contribution in [3.8, 4) is 0 Å². The summed E-state index contributed by atoms with van der Waals surface area (Å²) in [4.78, 5) is 2.35. The van der Waals surface area contributed by atoms with Gasteiger partial charge in [0.25, 0.3) is 0 Å². The molecule has 0 saturated carbocycles. The Bertz CT molecular complexity index is 242. The van der Waals surface area contributed by atoms with Gasteiger partial charge >= 0.3 is 0 Å². The second kappa shape index (κ2) is 2.90. The van der Waals surface area contributed by atoms with E-state index in [4.69, 9.17) is 0 Å². The predicted molar refractivity (Wildman–Crippen MR) is 47.7 cm³/mol. The molecule has 0 aliphatic carbocycles. The van der Waals surface area contributed by atoms with Gasteiger partial charge in [-0.05, 0) is 19.0 Å². The highest BCUT2D eigenvalue weighted by Gasteiger charge is 2.15. The number of nitrogens with zero attached hydrogens (tertiary/aromatic N) is 3. The molecular formula is C9H15N3. The van der Waals surface area contributed by atoms with Crippen LogP contribution in [0.15, 0.2) is 12.3 Å². The van der Waals surface area contributed by atoms with Gasteiger partial charge in [0, 0.05) is 25.8 Å². The van der Waals surface area contributed by atoms with E-state index in [2.05, 4.69) is 34.7 Å². The Morgan fingerprint density at radius 2 is 2.33 bits per heavy atom. The van der Waals surface area contributed by atoms with E-state index in [1.54, 1.807) is 0 Å². The van der Waals surface area contributed by atoms with Crippen LogP contribution in [-0.2, 0) is 13.1 Å². The van der Waals surface area contributed by atoms with Crippen molar-refractivity contribution in [2.75, 3.05) is 13.6 Å². The third-order valence-electron chi connectivity index (χ3n) is 2.34. The number of rotatable bonds is 0. The minimum absolute atomic E-state index is 0.705. The van der Waals surface area contributed by atoms with Crippen LogP contribution in [0.25, 0.3) is 0 Å². The minimum Gasteiger partial charge on any atom is -0.300 e. The average molecular weight is 165 g/mol. The van der Waals surface area contributed by atoms with Gasteiger partial charge in [-0.3, -0.25) is 4.68 Å². The lowest BCUT2D eigenvalue weighted by Crippen LogP contribution is -2.21. The molecule has 1 aromatic rings. The van der Waals surface area contributed by atoms with Gasteiger partial charge in [0.05, 0.1) is 5.69 Å². The highest BCUT2D eigenvalue weighted by molar-refractivity contribution is 5.01. The van der Waals surface area contributed by atoms with Gasteiger partial charge in [0.1, 0.15) is 0 Å². The van der Waals surface area contributed by atoms with Crippen LogP contribution < -0.4 is 0 Å². The van der Waals surface area contributed by atoms with Gasteiger partial charge in [-0.1, -0.05) is 6.92 Å². The fourth-order valence-electron chi connectivity index (χ4n) is 1.88. The molecule has 0 spiro atoms. The summed E-state index contributed by atoms with van der Waals surface area (Å²) < 4.78 is 2.12. The molecule has 0 aromatic carbocycles. The summed E-state index contributed by atoms with van der Waals surface area (Å²) in [5.41, 5.74) is 1.34. The van der Waals surface area contributed by atoms with Crippen molar-refractivity contribution >= 4 is 0 Å². The first-order valence-corrected chi connectivity index (χ1v) is 4.45. The second-order valence-electron chi connectivity index (χ2n) is 3.81. The molecular weight excluding hydrogens is 150 g/mol. The molecule has 0 fully saturated rings. The van der Waals surface area contributed by atoms with Crippen LogP contribution in [0.1, 0.15) is 12.6 Å². The molecule has 0 N–H and O–H groups in total. The van der Waals surface area contributed by atoms with E-state index in [-0.39, 0.29) is 0 Å². The van der Waals surface area contributed by atoms with Crippen molar-refractivity contribution < 1.29 is 0 Å². The van der Waals surface area contributed by atoms with Gasteiger partial charge in [0.15, 0.2) is 0 Å². The maximum absolute atomic E-state index is 4.29. The molecule has 1 unspecified atom stereocenters. The van der Waals surface area contributed by atoms with Crippen LogP contribution >= 0.6 is 0 Å². The molecule has 66 valence electrons. The smallest absolute Gasteiger partial charge is 0.0524 e. The van der Waals surface area contributed by atoms with Crippen molar-refractivity contribution in [2.45, 2.75) is 20.0 Å². The lowest BCUT2D eigenvalue weighted by molar-refractivity contribution is 0.287. The van der Waals surface area contributed by atoms with Crippen molar-refractivity contribution in [2.24, 2.45) is 5.92 Å². The van der Waals surface area contributed by atoms with Gasteiger partial charge < -0.3 is 4.90 Å². The Morgan fingerprint density at radius 3 is 3.17 bits per heavy atom. The Morgan fingerprint density at radius 1 is 1.50 bits per heavy atom. The summed E-state index contributed by atoms with van der Waals surface area (Å²) in [6, 6.07) is 2.11. The normalized spacial score (nSPS) is 25.0. The van der Waals surface area contributed by atoms with E-state index in [0.717, 1.165) is 13.1 Å². The van der Waals surface area contributed by atoms with E-state index in [1.165, 1.54) is 12.2 Å². The molecule has 1 aliphatic heterocycles. The van der Waals surface area contributed by atoms with Gasteiger partial charge in [-0.15, -0.1) is 0 Å². The fourth-order valence-corrected chi connectivity index (χ4v) is 1.88. The number of aromatic nitrogens is 2. The maximum atomic E-state index is 4.29. The summed E-state index contributed by atoms with van der Waals surface area (Å²) in [5, 5.41) is 4.29. The molecule has 0 saturated heterocycles. The van der Waals surface area contributed by atoms with Crippen molar-refractivity contribution in [3.63, 3.8) is 0 Å². The number of hydrogen-bond donors (Lipinski definition) is 0. The van der Waals surface area contributed by atoms with E-state index in [9.17, 15) is 0 Å². The Hall–Kier alpha value is -0.830. The quantitative estimate of drug-likeness (QED) is 0.571. The molecule has 3 nitrogen and oxygen atoms in total.